The molecular formula is C5H11NO5S. The second-order valence-corrected chi connectivity index (χ2v) is 4.34. The van der Waals surface area contributed by atoms with E-state index in [1.807, 2.05) is 0 Å². The lowest BCUT2D eigenvalue weighted by Crippen LogP contribution is -2.54. The van der Waals surface area contributed by atoms with Crippen molar-refractivity contribution in [3.05, 3.63) is 0 Å². The van der Waals surface area contributed by atoms with Gasteiger partial charge in [-0.3, -0.25) is 9.87 Å². The first kappa shape index (κ1) is 9.87. The first-order valence-electron chi connectivity index (χ1n) is 3.47. The van der Waals surface area contributed by atoms with Crippen molar-refractivity contribution in [3.8, 4) is 0 Å². The fourth-order valence-corrected chi connectivity index (χ4v) is 1.99. The summed E-state index contributed by atoms with van der Waals surface area (Å²) in [5.74, 6) is 0. The number of piperidine rings is 1. The first-order chi connectivity index (χ1) is 5.41. The molecule has 0 unspecified atom stereocenters. The zero-order valence-corrected chi connectivity index (χ0v) is 7.03. The molecule has 0 aromatic carbocycles. The van der Waals surface area contributed by atoms with Gasteiger partial charge in [0.2, 0.25) is 0 Å². The zero-order valence-electron chi connectivity index (χ0n) is 6.21. The van der Waals surface area contributed by atoms with E-state index in [2.05, 4.69) is 5.32 Å². The van der Waals surface area contributed by atoms with Gasteiger partial charge in [-0.25, -0.2) is 0 Å². The highest BCUT2D eigenvalue weighted by Gasteiger charge is 2.35. The van der Waals surface area contributed by atoms with Gasteiger partial charge in [0.05, 0.1) is 12.2 Å². The molecule has 12 heavy (non-hydrogen) atoms. The number of β-amino-alcohol motifs (C(OH)–C–C–N with tert-alkyl or cyclic N) is 1. The molecule has 0 spiro atoms. The third-order valence-corrected chi connectivity index (χ3v) is 2.86. The van der Waals surface area contributed by atoms with Gasteiger partial charge in [0.15, 0.2) is 5.37 Å². The van der Waals surface area contributed by atoms with Crippen molar-refractivity contribution in [1.82, 2.24) is 5.32 Å². The van der Waals surface area contributed by atoms with Gasteiger partial charge in [-0.05, 0) is 0 Å². The lowest BCUT2D eigenvalue weighted by Gasteiger charge is -2.29. The van der Waals surface area contributed by atoms with Crippen molar-refractivity contribution in [2.75, 3.05) is 6.54 Å². The van der Waals surface area contributed by atoms with Crippen LogP contribution in [0.5, 0.6) is 0 Å². The topological polar surface area (TPSA) is 107 Å². The smallest absolute Gasteiger partial charge is 0.283 e. The first-order valence-corrected chi connectivity index (χ1v) is 4.97. The summed E-state index contributed by atoms with van der Waals surface area (Å²) in [6.45, 7) is 0.0571. The summed E-state index contributed by atoms with van der Waals surface area (Å²) < 4.78 is 29.7. The van der Waals surface area contributed by atoms with Crippen LogP contribution in [0.1, 0.15) is 6.42 Å². The highest BCUT2D eigenvalue weighted by Crippen LogP contribution is 2.12. The van der Waals surface area contributed by atoms with Gasteiger partial charge in [-0.15, -0.1) is 0 Å². The molecule has 0 aromatic heterocycles. The van der Waals surface area contributed by atoms with Gasteiger partial charge < -0.3 is 10.2 Å². The third kappa shape index (κ3) is 2.14. The Balaban J connectivity index is 2.69. The Kier molecular flexibility index (Phi) is 2.69. The van der Waals surface area contributed by atoms with Crippen LogP contribution in [0.25, 0.3) is 0 Å². The minimum Gasteiger partial charge on any atom is -0.392 e. The van der Waals surface area contributed by atoms with Crippen molar-refractivity contribution < 1.29 is 23.2 Å². The summed E-state index contributed by atoms with van der Waals surface area (Å²) in [5.41, 5.74) is 0. The Morgan fingerprint density at radius 1 is 1.33 bits per heavy atom. The maximum atomic E-state index is 10.6. The van der Waals surface area contributed by atoms with Crippen LogP contribution in [0, 0.1) is 0 Å². The Morgan fingerprint density at radius 2 is 1.92 bits per heavy atom. The lowest BCUT2D eigenvalue weighted by atomic mass is 10.1. The number of aliphatic hydroxyl groups is 2. The highest BCUT2D eigenvalue weighted by molar-refractivity contribution is 7.86. The van der Waals surface area contributed by atoms with Crippen LogP contribution in [-0.2, 0) is 10.1 Å². The van der Waals surface area contributed by atoms with Crippen LogP contribution in [-0.4, -0.2) is 47.3 Å². The van der Waals surface area contributed by atoms with E-state index in [9.17, 15) is 8.42 Å². The van der Waals surface area contributed by atoms with E-state index in [-0.39, 0.29) is 13.0 Å². The normalized spacial score (nSPS) is 38.1. The van der Waals surface area contributed by atoms with Gasteiger partial charge in [-0.2, -0.15) is 8.42 Å². The molecule has 0 aliphatic carbocycles. The van der Waals surface area contributed by atoms with Crippen molar-refractivity contribution in [2.24, 2.45) is 0 Å². The average Bonchev–Trinajstić information content (AvgIpc) is 1.83. The molecule has 0 amide bonds. The Hall–Kier alpha value is -0.210. The van der Waals surface area contributed by atoms with Crippen molar-refractivity contribution in [2.45, 2.75) is 24.0 Å². The zero-order chi connectivity index (χ0) is 9.35. The minimum absolute atomic E-state index is 0.0442. The molecule has 1 aliphatic rings. The van der Waals surface area contributed by atoms with Crippen LogP contribution in [0.2, 0.25) is 0 Å². The number of nitrogens with one attached hydrogen (secondary N) is 1. The van der Waals surface area contributed by atoms with Gasteiger partial charge in [0.1, 0.15) is 0 Å². The Morgan fingerprint density at radius 3 is 2.33 bits per heavy atom. The predicted octanol–water partition coefficient (Wildman–Crippen LogP) is -2.08. The lowest BCUT2D eigenvalue weighted by molar-refractivity contribution is 0.0407. The molecule has 1 saturated heterocycles. The summed E-state index contributed by atoms with van der Waals surface area (Å²) in [5, 5.41) is 19.0. The molecule has 0 radical (unpaired) electrons. The van der Waals surface area contributed by atoms with E-state index in [1.54, 1.807) is 0 Å². The van der Waals surface area contributed by atoms with Crippen molar-refractivity contribution in [1.29, 1.82) is 0 Å². The van der Waals surface area contributed by atoms with Gasteiger partial charge in [0.25, 0.3) is 10.1 Å². The van der Waals surface area contributed by atoms with Crippen LogP contribution in [0.3, 0.4) is 0 Å². The van der Waals surface area contributed by atoms with Crippen LogP contribution in [0.15, 0.2) is 0 Å². The maximum Gasteiger partial charge on any atom is 0.283 e. The second kappa shape index (κ2) is 3.27. The SMILES string of the molecule is O=S(=O)(O)[C@H]1NC[C@@H](O)C[C@H]1O. The minimum atomic E-state index is -4.27. The van der Waals surface area contributed by atoms with E-state index in [1.165, 1.54) is 0 Å². The second-order valence-electron chi connectivity index (χ2n) is 2.80. The standard InChI is InChI=1S/C5H11NO5S/c7-3-1-4(8)5(6-2-3)12(9,10)11/h3-8H,1-2H2,(H,9,10,11)/t3-,4+,5+/m0/s1. The summed E-state index contributed by atoms with van der Waals surface area (Å²) in [4.78, 5) is 0. The molecule has 72 valence electrons. The average molecular weight is 197 g/mol. The molecular weight excluding hydrogens is 186 g/mol. The van der Waals surface area contributed by atoms with E-state index in [0.29, 0.717) is 0 Å². The number of aliphatic hydroxyl groups excluding tert-OH is 2. The van der Waals surface area contributed by atoms with E-state index in [0.717, 1.165) is 0 Å². The third-order valence-electron chi connectivity index (χ3n) is 1.74. The van der Waals surface area contributed by atoms with Gasteiger partial charge >= 0.3 is 0 Å². The molecule has 6 nitrogen and oxygen atoms in total. The molecule has 1 aliphatic heterocycles. The Bertz CT molecular complexity index is 251. The molecule has 0 aromatic rings. The molecule has 4 N–H and O–H groups in total. The molecule has 1 fully saturated rings. The summed E-state index contributed by atoms with van der Waals surface area (Å²) >= 11 is 0. The van der Waals surface area contributed by atoms with Gasteiger partial charge in [-0.1, -0.05) is 0 Å². The summed E-state index contributed by atoms with van der Waals surface area (Å²) in [7, 11) is -4.27. The number of rotatable bonds is 1. The number of hydrogen-bond acceptors (Lipinski definition) is 5. The van der Waals surface area contributed by atoms with E-state index in [4.69, 9.17) is 14.8 Å². The maximum absolute atomic E-state index is 10.6. The largest absolute Gasteiger partial charge is 0.392 e. The van der Waals surface area contributed by atoms with Crippen LogP contribution < -0.4 is 5.32 Å². The number of hydrogen-bond donors (Lipinski definition) is 4. The van der Waals surface area contributed by atoms with E-state index >= 15 is 0 Å². The molecule has 0 bridgehead atoms. The fourth-order valence-electron chi connectivity index (χ4n) is 1.18. The highest BCUT2D eigenvalue weighted by atomic mass is 32.2. The van der Waals surface area contributed by atoms with Gasteiger partial charge in [0, 0.05) is 13.0 Å². The van der Waals surface area contributed by atoms with Crippen LogP contribution >= 0.6 is 0 Å². The molecule has 0 saturated carbocycles. The summed E-state index contributed by atoms with van der Waals surface area (Å²) in [6, 6.07) is 0. The molecule has 1 rings (SSSR count). The molecule has 7 heteroatoms. The fraction of sp³-hybridized carbons (Fsp3) is 1.00. The monoisotopic (exact) mass is 197 g/mol. The van der Waals surface area contributed by atoms with E-state index < -0.39 is 27.7 Å². The molecule has 1 heterocycles. The quantitative estimate of drug-likeness (QED) is 0.359. The molecule has 3 atom stereocenters. The van der Waals surface area contributed by atoms with Crippen LogP contribution in [0.4, 0.5) is 0 Å². The predicted molar refractivity (Wildman–Crippen MR) is 40.0 cm³/mol. The van der Waals surface area contributed by atoms with Crippen molar-refractivity contribution >= 4 is 10.1 Å². The Labute approximate surface area is 70.0 Å². The summed E-state index contributed by atoms with van der Waals surface area (Å²) in [6.07, 6.45) is -2.07. The van der Waals surface area contributed by atoms with Crippen molar-refractivity contribution in [3.63, 3.8) is 0 Å².